The van der Waals surface area contributed by atoms with Crippen molar-refractivity contribution in [3.05, 3.63) is 150 Å². The minimum absolute atomic E-state index is 0.314. The van der Waals surface area contributed by atoms with Gasteiger partial charge < -0.3 is 5.11 Å². The molecule has 1 N–H and O–H groups in total. The summed E-state index contributed by atoms with van der Waals surface area (Å²) in [5, 5.41) is 15.8. The van der Waals surface area contributed by atoms with Crippen molar-refractivity contribution in [2.75, 3.05) is 0 Å². The molecule has 0 bridgehead atoms. The minimum Gasteiger partial charge on any atom is -0.507 e. The van der Waals surface area contributed by atoms with Gasteiger partial charge in [0.15, 0.2) is 0 Å². The number of fused-ring (bicyclic) bond motifs is 2. The molecule has 2 nitrogen and oxygen atoms in total. The van der Waals surface area contributed by atoms with E-state index in [9.17, 15) is 5.11 Å². The van der Waals surface area contributed by atoms with Crippen LogP contribution < -0.4 is 0 Å². The first-order chi connectivity index (χ1) is 18.3. The lowest BCUT2D eigenvalue weighted by Crippen LogP contribution is -2.22. The predicted molar refractivity (Wildman–Crippen MR) is 154 cm³/mol. The Bertz CT molecular complexity index is 1620. The highest BCUT2D eigenvalue weighted by molar-refractivity contribution is 6.08. The van der Waals surface area contributed by atoms with E-state index in [2.05, 4.69) is 120 Å². The number of nitrogens with zero attached hydrogens (tertiary/aromatic N) is 1. The molecular weight excluding hydrogens is 450 g/mol. The molecular formula is C35H29NO. The maximum atomic E-state index is 11.2. The lowest BCUT2D eigenvalue weighted by molar-refractivity contribution is 0.248. The number of hydrogen-bond acceptors (Lipinski definition) is 2. The van der Waals surface area contributed by atoms with Gasteiger partial charge in [-0.25, -0.2) is 0 Å². The number of rotatable bonds is 7. The summed E-state index contributed by atoms with van der Waals surface area (Å²) in [4.78, 5) is 2.49. The molecule has 6 aromatic carbocycles. The second-order valence-electron chi connectivity index (χ2n) is 9.62. The molecule has 0 amide bonds. The molecule has 0 atom stereocenters. The van der Waals surface area contributed by atoms with Crippen molar-refractivity contribution in [2.45, 2.75) is 19.6 Å². The van der Waals surface area contributed by atoms with Crippen molar-refractivity contribution in [1.29, 1.82) is 0 Å². The Morgan fingerprint density at radius 1 is 0.432 bits per heavy atom. The fraction of sp³-hybridized carbons (Fsp3) is 0.0857. The van der Waals surface area contributed by atoms with Crippen LogP contribution >= 0.6 is 0 Å². The number of hydrogen-bond donors (Lipinski definition) is 1. The van der Waals surface area contributed by atoms with E-state index in [4.69, 9.17) is 0 Å². The molecule has 180 valence electrons. The standard InChI is InChI=1S/C35H29NO/c37-33-22-21-29-16-8-10-18-32(29)35(33)34-30(20-19-28-15-7-9-17-31(28)34)25-36(23-26-11-3-1-4-12-26)24-27-13-5-2-6-14-27/h1-22,37H,23-25H2. The summed E-state index contributed by atoms with van der Waals surface area (Å²) in [6, 6.07) is 46.4. The van der Waals surface area contributed by atoms with Gasteiger partial charge in [-0.05, 0) is 49.9 Å². The molecule has 0 spiro atoms. The Morgan fingerprint density at radius 2 is 0.919 bits per heavy atom. The zero-order valence-electron chi connectivity index (χ0n) is 20.7. The van der Waals surface area contributed by atoms with Gasteiger partial charge in [-0.15, -0.1) is 0 Å². The summed E-state index contributed by atoms with van der Waals surface area (Å²) in [6.45, 7) is 2.43. The van der Waals surface area contributed by atoms with E-state index in [1.807, 2.05) is 18.2 Å². The summed E-state index contributed by atoms with van der Waals surface area (Å²) >= 11 is 0. The maximum absolute atomic E-state index is 11.2. The molecule has 0 heterocycles. The van der Waals surface area contributed by atoms with Crippen LogP contribution in [0.25, 0.3) is 32.7 Å². The third kappa shape index (κ3) is 4.84. The number of phenolic OH excluding ortho intramolecular Hbond substituents is 1. The van der Waals surface area contributed by atoms with E-state index >= 15 is 0 Å². The lowest BCUT2D eigenvalue weighted by atomic mass is 9.89. The second kappa shape index (κ2) is 10.3. The Balaban J connectivity index is 1.51. The fourth-order valence-electron chi connectivity index (χ4n) is 5.36. The normalized spacial score (nSPS) is 11.4. The molecule has 0 aliphatic rings. The van der Waals surface area contributed by atoms with Crippen LogP contribution in [0.2, 0.25) is 0 Å². The molecule has 0 saturated carbocycles. The topological polar surface area (TPSA) is 23.5 Å². The van der Waals surface area contributed by atoms with E-state index < -0.39 is 0 Å². The Kier molecular flexibility index (Phi) is 6.41. The zero-order chi connectivity index (χ0) is 25.0. The minimum atomic E-state index is 0.314. The van der Waals surface area contributed by atoms with Crippen molar-refractivity contribution < 1.29 is 5.11 Å². The van der Waals surface area contributed by atoms with Crippen LogP contribution in [-0.2, 0) is 19.6 Å². The average molecular weight is 480 g/mol. The largest absolute Gasteiger partial charge is 0.507 e. The van der Waals surface area contributed by atoms with Crippen molar-refractivity contribution in [3.8, 4) is 16.9 Å². The van der Waals surface area contributed by atoms with Crippen LogP contribution in [0.15, 0.2) is 133 Å². The summed E-state index contributed by atoms with van der Waals surface area (Å²) in [5.74, 6) is 0.314. The van der Waals surface area contributed by atoms with Gasteiger partial charge in [0, 0.05) is 25.2 Å². The number of aromatic hydroxyl groups is 1. The van der Waals surface area contributed by atoms with E-state index in [0.29, 0.717) is 5.75 Å². The smallest absolute Gasteiger partial charge is 0.124 e. The van der Waals surface area contributed by atoms with E-state index in [0.717, 1.165) is 46.9 Å². The van der Waals surface area contributed by atoms with Crippen LogP contribution in [0.3, 0.4) is 0 Å². The van der Waals surface area contributed by atoms with Gasteiger partial charge in [0.25, 0.3) is 0 Å². The monoisotopic (exact) mass is 479 g/mol. The van der Waals surface area contributed by atoms with Gasteiger partial charge in [-0.2, -0.15) is 0 Å². The molecule has 0 radical (unpaired) electrons. The van der Waals surface area contributed by atoms with Crippen LogP contribution in [0.1, 0.15) is 16.7 Å². The van der Waals surface area contributed by atoms with Crippen molar-refractivity contribution >= 4 is 21.5 Å². The summed E-state index contributed by atoms with van der Waals surface area (Å²) in [7, 11) is 0. The van der Waals surface area contributed by atoms with Crippen LogP contribution in [0, 0.1) is 0 Å². The summed E-state index contributed by atoms with van der Waals surface area (Å²) in [6.07, 6.45) is 0. The lowest BCUT2D eigenvalue weighted by Gasteiger charge is -2.25. The van der Waals surface area contributed by atoms with Crippen molar-refractivity contribution in [3.63, 3.8) is 0 Å². The Labute approximate surface area is 218 Å². The Hall–Kier alpha value is -4.40. The first-order valence-electron chi connectivity index (χ1n) is 12.8. The van der Waals surface area contributed by atoms with Gasteiger partial charge in [0.2, 0.25) is 0 Å². The first kappa shape index (κ1) is 23.0. The van der Waals surface area contributed by atoms with Crippen molar-refractivity contribution in [1.82, 2.24) is 4.90 Å². The third-order valence-electron chi connectivity index (χ3n) is 7.06. The average Bonchev–Trinajstić information content (AvgIpc) is 2.94. The summed E-state index contributed by atoms with van der Waals surface area (Å²) < 4.78 is 0. The van der Waals surface area contributed by atoms with E-state index in [1.54, 1.807) is 0 Å². The highest BCUT2D eigenvalue weighted by atomic mass is 16.3. The van der Waals surface area contributed by atoms with Gasteiger partial charge in [-0.1, -0.05) is 127 Å². The van der Waals surface area contributed by atoms with Gasteiger partial charge >= 0.3 is 0 Å². The second-order valence-corrected chi connectivity index (χ2v) is 9.62. The molecule has 6 aromatic rings. The molecule has 0 aliphatic carbocycles. The Morgan fingerprint density at radius 3 is 1.51 bits per heavy atom. The molecule has 0 unspecified atom stereocenters. The summed E-state index contributed by atoms with van der Waals surface area (Å²) in [5.41, 5.74) is 5.79. The maximum Gasteiger partial charge on any atom is 0.124 e. The van der Waals surface area contributed by atoms with Gasteiger partial charge in [-0.3, -0.25) is 4.90 Å². The fourth-order valence-corrected chi connectivity index (χ4v) is 5.36. The predicted octanol–water partition coefficient (Wildman–Crippen LogP) is 8.57. The highest BCUT2D eigenvalue weighted by Crippen LogP contribution is 2.42. The van der Waals surface area contributed by atoms with Crippen LogP contribution in [-0.4, -0.2) is 10.0 Å². The molecule has 0 aromatic heterocycles. The molecule has 0 saturated heterocycles. The van der Waals surface area contributed by atoms with Gasteiger partial charge in [0.1, 0.15) is 5.75 Å². The quantitative estimate of drug-likeness (QED) is 0.248. The van der Waals surface area contributed by atoms with Gasteiger partial charge in [0.05, 0.1) is 0 Å². The molecule has 2 heteroatoms. The molecule has 0 aliphatic heterocycles. The first-order valence-corrected chi connectivity index (χ1v) is 12.8. The third-order valence-corrected chi connectivity index (χ3v) is 7.06. The number of phenols is 1. The van der Waals surface area contributed by atoms with Crippen LogP contribution in [0.4, 0.5) is 0 Å². The van der Waals surface area contributed by atoms with E-state index in [-0.39, 0.29) is 0 Å². The number of benzene rings is 6. The van der Waals surface area contributed by atoms with Crippen LogP contribution in [0.5, 0.6) is 5.75 Å². The van der Waals surface area contributed by atoms with E-state index in [1.165, 1.54) is 22.1 Å². The van der Waals surface area contributed by atoms with Crippen molar-refractivity contribution in [2.24, 2.45) is 0 Å². The molecule has 37 heavy (non-hydrogen) atoms. The SMILES string of the molecule is Oc1ccc2ccccc2c1-c1c(CN(Cc2ccccc2)Cc2ccccc2)ccc2ccccc12. The molecule has 0 fully saturated rings. The molecule has 6 rings (SSSR count). The highest BCUT2D eigenvalue weighted by Gasteiger charge is 2.19. The zero-order valence-corrected chi connectivity index (χ0v) is 20.7.